The fourth-order valence-corrected chi connectivity index (χ4v) is 4.65. The molecule has 0 aromatic carbocycles. The van der Waals surface area contributed by atoms with Crippen LogP contribution >= 0.6 is 0 Å². The molecule has 122 valence electrons. The molecule has 0 radical (unpaired) electrons. The van der Waals surface area contributed by atoms with Crippen molar-refractivity contribution < 1.29 is 14.3 Å². The Bertz CT molecular complexity index is 363. The molecule has 1 saturated carbocycles. The summed E-state index contributed by atoms with van der Waals surface area (Å²) in [5.74, 6) is 1.64. The number of hydrogen-bond acceptors (Lipinski definition) is 3. The van der Waals surface area contributed by atoms with Gasteiger partial charge in [-0.15, -0.1) is 0 Å². The van der Waals surface area contributed by atoms with Gasteiger partial charge in [-0.3, -0.25) is 0 Å². The van der Waals surface area contributed by atoms with Gasteiger partial charge in [0.15, 0.2) is 5.79 Å². The predicted octanol–water partition coefficient (Wildman–Crippen LogP) is 4.20. The fraction of sp³-hybridized carbons (Fsp3) is 0.944. The maximum atomic E-state index is 10.8. The molecule has 2 fully saturated rings. The second kappa shape index (κ2) is 6.37. The monoisotopic (exact) mass is 296 g/mol. The Balaban J connectivity index is 2.05. The van der Waals surface area contributed by atoms with Gasteiger partial charge in [-0.2, -0.15) is 0 Å². The third kappa shape index (κ3) is 3.87. The van der Waals surface area contributed by atoms with Crippen molar-refractivity contribution in [1.29, 1.82) is 0 Å². The quantitative estimate of drug-likeness (QED) is 0.689. The lowest BCUT2D eigenvalue weighted by Gasteiger charge is -2.37. The summed E-state index contributed by atoms with van der Waals surface area (Å²) in [7, 11) is 0. The van der Waals surface area contributed by atoms with Crippen LogP contribution < -0.4 is 0 Å². The van der Waals surface area contributed by atoms with Gasteiger partial charge in [0.1, 0.15) is 6.29 Å². The molecule has 0 bridgehead atoms. The van der Waals surface area contributed by atoms with Crippen molar-refractivity contribution in [2.24, 2.45) is 23.2 Å². The van der Waals surface area contributed by atoms with E-state index < -0.39 is 5.79 Å². The molecule has 1 saturated heterocycles. The lowest BCUT2D eigenvalue weighted by Crippen LogP contribution is -2.33. The molecule has 1 heterocycles. The number of hydrogen-bond donors (Lipinski definition) is 0. The van der Waals surface area contributed by atoms with Crippen molar-refractivity contribution in [2.75, 3.05) is 6.61 Å². The van der Waals surface area contributed by atoms with Gasteiger partial charge in [-0.1, -0.05) is 20.8 Å². The molecule has 2 rings (SSSR count). The summed E-state index contributed by atoms with van der Waals surface area (Å²) in [4.78, 5) is 10.8. The van der Waals surface area contributed by atoms with Gasteiger partial charge in [-0.05, 0) is 62.7 Å². The van der Waals surface area contributed by atoms with E-state index in [1.54, 1.807) is 0 Å². The Hall–Kier alpha value is -0.410. The van der Waals surface area contributed by atoms with Gasteiger partial charge in [-0.25, -0.2) is 0 Å². The first-order chi connectivity index (χ1) is 9.77. The second-order valence-electron chi connectivity index (χ2n) is 8.11. The molecule has 4 atom stereocenters. The topological polar surface area (TPSA) is 35.5 Å². The Morgan fingerprint density at radius 2 is 2.00 bits per heavy atom. The highest BCUT2D eigenvalue weighted by molar-refractivity contribution is 5.49. The van der Waals surface area contributed by atoms with Gasteiger partial charge in [0.2, 0.25) is 0 Å². The first kappa shape index (κ1) is 17.0. The Kier molecular flexibility index (Phi) is 5.15. The minimum Gasteiger partial charge on any atom is -0.348 e. The molecule has 1 aliphatic carbocycles. The zero-order valence-electron chi connectivity index (χ0n) is 14.4. The number of rotatable bonds is 6. The highest BCUT2D eigenvalue weighted by Gasteiger charge is 2.48. The number of aldehydes is 1. The SMILES string of the molecule is CC(C)[C@H]1CC[C@](C)(C[C@H]2COC(C)(C)O2)[C@H]1CCC=O. The number of ether oxygens (including phenoxy) is 2. The average Bonchev–Trinajstić information content (AvgIpc) is 2.87. The van der Waals surface area contributed by atoms with Gasteiger partial charge >= 0.3 is 0 Å². The molecule has 2 aliphatic rings. The Morgan fingerprint density at radius 1 is 1.29 bits per heavy atom. The van der Waals surface area contributed by atoms with E-state index in [1.165, 1.54) is 12.8 Å². The Labute approximate surface area is 129 Å². The largest absolute Gasteiger partial charge is 0.348 e. The first-order valence-electron chi connectivity index (χ1n) is 8.53. The van der Waals surface area contributed by atoms with Gasteiger partial charge in [0.25, 0.3) is 0 Å². The first-order valence-corrected chi connectivity index (χ1v) is 8.53. The summed E-state index contributed by atoms with van der Waals surface area (Å²) >= 11 is 0. The van der Waals surface area contributed by atoms with Crippen molar-refractivity contribution >= 4 is 6.29 Å². The van der Waals surface area contributed by atoms with Crippen molar-refractivity contribution in [2.45, 2.75) is 78.6 Å². The van der Waals surface area contributed by atoms with Crippen molar-refractivity contribution in [3.05, 3.63) is 0 Å². The van der Waals surface area contributed by atoms with E-state index in [1.807, 2.05) is 13.8 Å². The van der Waals surface area contributed by atoms with Crippen molar-refractivity contribution in [3.63, 3.8) is 0 Å². The van der Waals surface area contributed by atoms with Crippen LogP contribution in [0.15, 0.2) is 0 Å². The molecule has 0 aromatic rings. The summed E-state index contributed by atoms with van der Waals surface area (Å²) in [6.45, 7) is 11.7. The standard InChI is InChI=1S/C18H32O3/c1-13(2)15-8-9-18(5,16(15)7-6-10-19)11-14-12-20-17(3,4)21-14/h10,13-16H,6-9,11-12H2,1-5H3/t14-,15+,16-,18+/m0/s1. The molecule has 21 heavy (non-hydrogen) atoms. The molecular weight excluding hydrogens is 264 g/mol. The van der Waals surface area contributed by atoms with Crippen LogP contribution in [0.5, 0.6) is 0 Å². The summed E-state index contributed by atoms with van der Waals surface area (Å²) < 4.78 is 11.8. The number of carbonyl (C=O) groups excluding carboxylic acids is 1. The zero-order chi connectivity index (χ0) is 15.7. The van der Waals surface area contributed by atoms with Gasteiger partial charge in [0.05, 0.1) is 12.7 Å². The maximum absolute atomic E-state index is 10.8. The Morgan fingerprint density at radius 3 is 2.52 bits per heavy atom. The summed E-state index contributed by atoms with van der Waals surface area (Å²) in [5.41, 5.74) is 0.284. The van der Waals surface area contributed by atoms with Crippen LogP contribution in [0.1, 0.15) is 66.7 Å². The normalized spacial score (nSPS) is 39.0. The third-order valence-electron chi connectivity index (χ3n) is 5.67. The molecule has 0 amide bonds. The molecular formula is C18H32O3. The van der Waals surface area contributed by atoms with Crippen LogP contribution in [0, 0.1) is 23.2 Å². The molecule has 0 spiro atoms. The lowest BCUT2D eigenvalue weighted by atomic mass is 9.69. The minimum atomic E-state index is -0.435. The van der Waals surface area contributed by atoms with E-state index in [4.69, 9.17) is 9.47 Å². The summed E-state index contributed by atoms with van der Waals surface area (Å²) in [6.07, 6.45) is 6.59. The average molecular weight is 296 g/mol. The van der Waals surface area contributed by atoms with Crippen molar-refractivity contribution in [1.82, 2.24) is 0 Å². The van der Waals surface area contributed by atoms with Gasteiger partial charge < -0.3 is 14.3 Å². The van der Waals surface area contributed by atoms with Gasteiger partial charge in [0, 0.05) is 6.42 Å². The molecule has 0 unspecified atom stereocenters. The van der Waals surface area contributed by atoms with Crippen LogP contribution in [-0.4, -0.2) is 24.8 Å². The van der Waals surface area contributed by atoms with Crippen molar-refractivity contribution in [3.8, 4) is 0 Å². The van der Waals surface area contributed by atoms with E-state index in [-0.39, 0.29) is 11.5 Å². The highest BCUT2D eigenvalue weighted by Crippen LogP contribution is 2.54. The van der Waals surface area contributed by atoms with Crippen LogP contribution in [0.3, 0.4) is 0 Å². The molecule has 1 aliphatic heterocycles. The molecule has 0 aromatic heterocycles. The van der Waals surface area contributed by atoms with Crippen LogP contribution in [-0.2, 0) is 14.3 Å². The summed E-state index contributed by atoms with van der Waals surface area (Å²) in [6, 6.07) is 0. The number of carbonyl (C=O) groups is 1. The molecule has 3 heteroatoms. The third-order valence-corrected chi connectivity index (χ3v) is 5.67. The highest BCUT2D eigenvalue weighted by atomic mass is 16.7. The lowest BCUT2D eigenvalue weighted by molar-refractivity contribution is -0.142. The van der Waals surface area contributed by atoms with Crippen LogP contribution in [0.25, 0.3) is 0 Å². The van der Waals surface area contributed by atoms with Crippen LogP contribution in [0.4, 0.5) is 0 Å². The van der Waals surface area contributed by atoms with E-state index >= 15 is 0 Å². The zero-order valence-corrected chi connectivity index (χ0v) is 14.4. The molecule has 0 N–H and O–H groups in total. The van der Waals surface area contributed by atoms with E-state index in [0.717, 1.165) is 25.0 Å². The van der Waals surface area contributed by atoms with E-state index in [9.17, 15) is 4.79 Å². The fourth-order valence-electron chi connectivity index (χ4n) is 4.65. The van der Waals surface area contributed by atoms with Crippen LogP contribution in [0.2, 0.25) is 0 Å². The summed E-state index contributed by atoms with van der Waals surface area (Å²) in [5, 5.41) is 0. The minimum absolute atomic E-state index is 0.203. The van der Waals surface area contributed by atoms with E-state index in [0.29, 0.717) is 24.9 Å². The molecule has 3 nitrogen and oxygen atoms in total. The second-order valence-corrected chi connectivity index (χ2v) is 8.11. The maximum Gasteiger partial charge on any atom is 0.163 e. The predicted molar refractivity (Wildman–Crippen MR) is 84.0 cm³/mol. The smallest absolute Gasteiger partial charge is 0.163 e. The van der Waals surface area contributed by atoms with E-state index in [2.05, 4.69) is 20.8 Å².